The van der Waals surface area contributed by atoms with Gasteiger partial charge in [-0.05, 0) is 36.5 Å². The van der Waals surface area contributed by atoms with Crippen LogP contribution in [-0.2, 0) is 14.8 Å². The topological polar surface area (TPSA) is 57.7 Å². The third-order valence-electron chi connectivity index (χ3n) is 5.70. The molecule has 0 unspecified atom stereocenters. The molecule has 2 aliphatic rings. The molecule has 1 aromatic rings. The van der Waals surface area contributed by atoms with Crippen molar-refractivity contribution >= 4 is 15.8 Å². The van der Waals surface area contributed by atoms with E-state index < -0.39 is 20.7 Å². The Morgan fingerprint density at radius 1 is 1.11 bits per heavy atom. The van der Waals surface area contributed by atoms with Gasteiger partial charge in [0.05, 0.1) is 6.54 Å². The molecule has 0 aromatic heterocycles. The molecule has 150 valence electrons. The number of sulfonamides is 1. The molecule has 0 bridgehead atoms. The molecule has 27 heavy (non-hydrogen) atoms. The maximum Gasteiger partial charge on any atom is 0.219 e. The Labute approximate surface area is 161 Å². The van der Waals surface area contributed by atoms with Crippen molar-refractivity contribution in [1.82, 2.24) is 9.21 Å². The van der Waals surface area contributed by atoms with Crippen LogP contribution < -0.4 is 0 Å². The van der Waals surface area contributed by atoms with E-state index in [4.69, 9.17) is 0 Å². The van der Waals surface area contributed by atoms with Crippen molar-refractivity contribution in [3.05, 3.63) is 35.6 Å². The number of carbonyl (C=O) groups excluding carboxylic acids is 1. The molecule has 0 atom stereocenters. The normalized spacial score (nSPS) is 21.2. The first-order valence-electron chi connectivity index (χ1n) is 9.57. The van der Waals surface area contributed by atoms with E-state index in [2.05, 4.69) is 0 Å². The van der Waals surface area contributed by atoms with E-state index in [9.17, 15) is 17.6 Å². The monoisotopic (exact) mass is 396 g/mol. The summed E-state index contributed by atoms with van der Waals surface area (Å²) < 4.78 is 40.4. The third kappa shape index (κ3) is 4.58. The van der Waals surface area contributed by atoms with Crippen LogP contribution >= 0.6 is 0 Å². The zero-order valence-corrected chi connectivity index (χ0v) is 17.1. The maximum atomic E-state index is 13.1. The van der Waals surface area contributed by atoms with Crippen LogP contribution in [0.4, 0.5) is 4.39 Å². The van der Waals surface area contributed by atoms with E-state index >= 15 is 0 Å². The highest BCUT2D eigenvalue weighted by atomic mass is 32.2. The Bertz CT molecular complexity index is 772. The van der Waals surface area contributed by atoms with Crippen LogP contribution in [0.5, 0.6) is 0 Å². The highest BCUT2D eigenvalue weighted by Crippen LogP contribution is 2.31. The fourth-order valence-electron chi connectivity index (χ4n) is 3.67. The van der Waals surface area contributed by atoms with Gasteiger partial charge >= 0.3 is 0 Å². The van der Waals surface area contributed by atoms with Crippen molar-refractivity contribution in [2.24, 2.45) is 5.41 Å². The van der Waals surface area contributed by atoms with E-state index in [-0.39, 0.29) is 17.5 Å². The van der Waals surface area contributed by atoms with E-state index in [1.165, 1.54) is 12.1 Å². The highest BCUT2D eigenvalue weighted by Gasteiger charge is 2.42. The van der Waals surface area contributed by atoms with Crippen molar-refractivity contribution in [2.45, 2.75) is 44.8 Å². The number of hydrogen-bond donors (Lipinski definition) is 0. The summed E-state index contributed by atoms with van der Waals surface area (Å²) in [6, 6.07) is 6.50. The molecule has 5 nitrogen and oxygen atoms in total. The van der Waals surface area contributed by atoms with Crippen LogP contribution in [0.3, 0.4) is 0 Å². The summed E-state index contributed by atoms with van der Waals surface area (Å²) in [7, 11) is -3.32. The van der Waals surface area contributed by atoms with Crippen molar-refractivity contribution in [1.29, 1.82) is 0 Å². The molecule has 0 radical (unpaired) electrons. The summed E-state index contributed by atoms with van der Waals surface area (Å²) >= 11 is 0. The minimum Gasteiger partial charge on any atom is -0.298 e. The van der Waals surface area contributed by atoms with Gasteiger partial charge in [0.2, 0.25) is 10.0 Å². The van der Waals surface area contributed by atoms with Crippen LogP contribution in [0.1, 0.15) is 45.1 Å². The van der Waals surface area contributed by atoms with Gasteiger partial charge < -0.3 is 0 Å². The van der Waals surface area contributed by atoms with Gasteiger partial charge in [-0.15, -0.1) is 0 Å². The first-order valence-corrected chi connectivity index (χ1v) is 11.1. The number of likely N-dealkylation sites (tertiary alicyclic amines) is 1. The maximum absolute atomic E-state index is 13.1. The number of benzene rings is 1. The minimum atomic E-state index is -3.32. The second-order valence-electron chi connectivity index (χ2n) is 8.76. The number of piperidine rings is 1. The van der Waals surface area contributed by atoms with E-state index in [0.29, 0.717) is 32.7 Å². The van der Waals surface area contributed by atoms with Gasteiger partial charge in [-0.25, -0.2) is 17.1 Å². The lowest BCUT2D eigenvalue weighted by Crippen LogP contribution is -2.60. The predicted molar refractivity (Wildman–Crippen MR) is 104 cm³/mol. The number of rotatable bonds is 5. The predicted octanol–water partition coefficient (Wildman–Crippen LogP) is 2.63. The molecule has 2 fully saturated rings. The second kappa shape index (κ2) is 7.60. The van der Waals surface area contributed by atoms with E-state index in [1.54, 1.807) is 16.4 Å². The summed E-state index contributed by atoms with van der Waals surface area (Å²) in [6.45, 7) is 7.84. The van der Waals surface area contributed by atoms with E-state index in [0.717, 1.165) is 18.4 Å². The molecule has 3 rings (SSSR count). The van der Waals surface area contributed by atoms with Crippen molar-refractivity contribution in [3.63, 3.8) is 0 Å². The van der Waals surface area contributed by atoms with Crippen LogP contribution in [0.25, 0.3) is 0 Å². The number of nitrogens with zero attached hydrogens (tertiary/aromatic N) is 2. The van der Waals surface area contributed by atoms with Gasteiger partial charge in [-0.1, -0.05) is 32.9 Å². The van der Waals surface area contributed by atoms with Gasteiger partial charge in [0.25, 0.3) is 0 Å². The fraction of sp³-hybridized carbons (Fsp3) is 0.650. The standard InChI is InChI=1S/C20H29FN2O3S/c1-20(2,3)19(24)14-22-12-18(13-22)27(25,26)23-10-8-16(9-11-23)15-4-6-17(21)7-5-15/h4-7,16,18H,8-14H2,1-3H3. The van der Waals surface area contributed by atoms with Crippen LogP contribution in [0, 0.1) is 11.2 Å². The Morgan fingerprint density at radius 2 is 1.67 bits per heavy atom. The number of halogens is 1. The summed E-state index contributed by atoms with van der Waals surface area (Å²) in [6.07, 6.45) is 1.51. The quantitative estimate of drug-likeness (QED) is 0.768. The summed E-state index contributed by atoms with van der Waals surface area (Å²) in [5.41, 5.74) is 0.676. The lowest BCUT2D eigenvalue weighted by Gasteiger charge is -2.42. The summed E-state index contributed by atoms with van der Waals surface area (Å²) in [5, 5.41) is -0.410. The zero-order chi connectivity index (χ0) is 19.8. The lowest BCUT2D eigenvalue weighted by atomic mass is 9.90. The number of ketones is 1. The molecule has 1 aromatic carbocycles. The van der Waals surface area contributed by atoms with Gasteiger partial charge in [0.1, 0.15) is 11.1 Å². The van der Waals surface area contributed by atoms with Crippen LogP contribution in [0.15, 0.2) is 24.3 Å². The van der Waals surface area contributed by atoms with Crippen molar-refractivity contribution in [2.75, 3.05) is 32.7 Å². The van der Waals surface area contributed by atoms with Crippen LogP contribution in [0.2, 0.25) is 0 Å². The molecular weight excluding hydrogens is 367 g/mol. The second-order valence-corrected chi connectivity index (χ2v) is 11.0. The van der Waals surface area contributed by atoms with Gasteiger partial charge in [0.15, 0.2) is 5.78 Å². The van der Waals surface area contributed by atoms with Crippen molar-refractivity contribution in [3.8, 4) is 0 Å². The van der Waals surface area contributed by atoms with E-state index in [1.807, 2.05) is 25.7 Å². The molecule has 0 saturated carbocycles. The summed E-state index contributed by atoms with van der Waals surface area (Å²) in [4.78, 5) is 14.0. The molecule has 2 heterocycles. The largest absolute Gasteiger partial charge is 0.298 e. The molecule has 7 heteroatoms. The molecular formula is C20H29FN2O3S. The first kappa shape index (κ1) is 20.4. The van der Waals surface area contributed by atoms with Gasteiger partial charge in [-0.2, -0.15) is 0 Å². The van der Waals surface area contributed by atoms with Crippen LogP contribution in [-0.4, -0.2) is 61.4 Å². The Hall–Kier alpha value is -1.31. The number of carbonyl (C=O) groups is 1. The molecule has 0 amide bonds. The molecule has 0 N–H and O–H groups in total. The van der Waals surface area contributed by atoms with Gasteiger partial charge in [-0.3, -0.25) is 9.69 Å². The minimum absolute atomic E-state index is 0.137. The SMILES string of the molecule is CC(C)(C)C(=O)CN1CC(S(=O)(=O)N2CCC(c3ccc(F)cc3)CC2)C1. The Morgan fingerprint density at radius 3 is 2.19 bits per heavy atom. The average molecular weight is 397 g/mol. The Kier molecular flexibility index (Phi) is 5.75. The highest BCUT2D eigenvalue weighted by molar-refractivity contribution is 7.89. The molecule has 2 saturated heterocycles. The fourth-order valence-corrected chi connectivity index (χ4v) is 5.61. The molecule has 2 aliphatic heterocycles. The molecule has 0 aliphatic carbocycles. The number of hydrogen-bond acceptors (Lipinski definition) is 4. The Balaban J connectivity index is 1.51. The first-order chi connectivity index (χ1) is 12.6. The van der Waals surface area contributed by atoms with Crippen molar-refractivity contribution < 1.29 is 17.6 Å². The lowest BCUT2D eigenvalue weighted by molar-refractivity contribution is -0.128. The average Bonchev–Trinajstić information content (AvgIpc) is 2.57. The third-order valence-corrected chi connectivity index (χ3v) is 7.93. The van der Waals surface area contributed by atoms with Gasteiger partial charge in [0, 0.05) is 31.6 Å². The zero-order valence-electron chi connectivity index (χ0n) is 16.3. The molecule has 0 spiro atoms. The summed E-state index contributed by atoms with van der Waals surface area (Å²) in [5.74, 6) is 0.163. The smallest absolute Gasteiger partial charge is 0.219 e. The number of Topliss-reactive ketones (excluding diaryl/α,β-unsaturated/α-hetero) is 1.